The predicted octanol–water partition coefficient (Wildman–Crippen LogP) is 0.841. The van der Waals surface area contributed by atoms with Crippen molar-refractivity contribution in [2.75, 3.05) is 12.3 Å². The summed E-state index contributed by atoms with van der Waals surface area (Å²) < 4.78 is 26.7. The van der Waals surface area contributed by atoms with Crippen LogP contribution in [-0.4, -0.2) is 26.6 Å². The van der Waals surface area contributed by atoms with Gasteiger partial charge in [0.1, 0.15) is 11.8 Å². The number of hydrogen-bond donors (Lipinski definition) is 2. The van der Waals surface area contributed by atoms with Crippen LogP contribution in [0.3, 0.4) is 0 Å². The van der Waals surface area contributed by atoms with Gasteiger partial charge in [0.05, 0.1) is 11.3 Å². The van der Waals surface area contributed by atoms with Gasteiger partial charge in [-0.25, -0.2) is 13.6 Å². The fraction of sp³-hybridized carbons (Fsp3) is 0.250. The number of rotatable bonds is 5. The molecule has 3 N–H and O–H groups in total. The molecule has 0 unspecified atom stereocenters. The Hall–Kier alpha value is -1.86. The van der Waals surface area contributed by atoms with Crippen LogP contribution in [0.2, 0.25) is 0 Å². The monoisotopic (exact) mass is 282 g/mol. The molecule has 102 valence electrons. The number of fused-ring (bicyclic) bond motifs is 1. The minimum Gasteiger partial charge on any atom is -0.463 e. The van der Waals surface area contributed by atoms with Gasteiger partial charge >= 0.3 is 0 Å². The first-order valence-electron chi connectivity index (χ1n) is 5.72. The molecule has 0 atom stereocenters. The van der Waals surface area contributed by atoms with E-state index in [1.807, 2.05) is 12.1 Å². The molecule has 0 aliphatic heterocycles. The first-order valence-corrected chi connectivity index (χ1v) is 7.44. The normalized spacial score (nSPS) is 11.6. The Morgan fingerprint density at radius 2 is 2.05 bits per heavy atom. The van der Waals surface area contributed by atoms with E-state index in [0.29, 0.717) is 11.1 Å². The summed E-state index contributed by atoms with van der Waals surface area (Å²) in [5, 5.41) is 8.22. The molecule has 19 heavy (non-hydrogen) atoms. The Kier molecular flexibility index (Phi) is 3.87. The Bertz CT molecular complexity index is 691. The fourth-order valence-electron chi connectivity index (χ4n) is 1.72. The zero-order valence-electron chi connectivity index (χ0n) is 10.1. The molecule has 0 aliphatic rings. The van der Waals surface area contributed by atoms with Crippen LogP contribution >= 0.6 is 0 Å². The summed E-state index contributed by atoms with van der Waals surface area (Å²) in [6, 6.07) is 7.19. The number of amides is 1. The summed E-state index contributed by atoms with van der Waals surface area (Å²) in [5.74, 6) is -0.446. The van der Waals surface area contributed by atoms with Crippen LogP contribution in [0, 0.1) is 0 Å². The Balaban J connectivity index is 1.97. The topological polar surface area (TPSA) is 102 Å². The van der Waals surface area contributed by atoms with Crippen LogP contribution in [0.25, 0.3) is 11.0 Å². The molecule has 0 saturated heterocycles. The zero-order chi connectivity index (χ0) is 13.9. The first-order chi connectivity index (χ1) is 8.97. The lowest BCUT2D eigenvalue weighted by Crippen LogP contribution is -2.27. The van der Waals surface area contributed by atoms with E-state index >= 15 is 0 Å². The molecule has 0 fully saturated rings. The van der Waals surface area contributed by atoms with E-state index in [1.165, 1.54) is 6.26 Å². The average Bonchev–Trinajstić information content (AvgIpc) is 2.77. The number of nitrogens with one attached hydrogen (secondary N) is 1. The number of carbonyl (C=O) groups is 1. The van der Waals surface area contributed by atoms with Gasteiger partial charge in [0.2, 0.25) is 10.0 Å². The lowest BCUT2D eigenvalue weighted by Gasteiger charge is -2.03. The van der Waals surface area contributed by atoms with Gasteiger partial charge < -0.3 is 9.73 Å². The maximum atomic E-state index is 11.9. The van der Waals surface area contributed by atoms with Gasteiger partial charge in [0.25, 0.3) is 5.91 Å². The second-order valence-electron chi connectivity index (χ2n) is 4.12. The highest BCUT2D eigenvalue weighted by Crippen LogP contribution is 2.20. The van der Waals surface area contributed by atoms with Crippen molar-refractivity contribution < 1.29 is 17.6 Å². The van der Waals surface area contributed by atoms with Crippen LogP contribution in [0.4, 0.5) is 0 Å². The summed E-state index contributed by atoms with van der Waals surface area (Å²) in [7, 11) is -3.48. The second-order valence-corrected chi connectivity index (χ2v) is 5.86. The van der Waals surface area contributed by atoms with Crippen LogP contribution in [0.15, 0.2) is 34.9 Å². The lowest BCUT2D eigenvalue weighted by molar-refractivity contribution is 0.0954. The number of para-hydroxylation sites is 1. The van der Waals surface area contributed by atoms with Crippen LogP contribution in [-0.2, 0) is 10.0 Å². The molecule has 0 spiro atoms. The second kappa shape index (κ2) is 5.41. The van der Waals surface area contributed by atoms with Crippen molar-refractivity contribution >= 4 is 26.9 Å². The van der Waals surface area contributed by atoms with Gasteiger partial charge in [-0.1, -0.05) is 18.2 Å². The third kappa shape index (κ3) is 3.55. The standard InChI is InChI=1S/C12H14N2O4S/c13-19(16,17)7-3-6-14-12(15)10-8-18-11-5-2-1-4-9(10)11/h1-2,4-5,8H,3,6-7H2,(H,14,15)(H2,13,16,17). The van der Waals surface area contributed by atoms with Crippen molar-refractivity contribution in [1.82, 2.24) is 5.32 Å². The summed E-state index contributed by atoms with van der Waals surface area (Å²) in [6.07, 6.45) is 1.67. The van der Waals surface area contributed by atoms with Crippen LogP contribution in [0.5, 0.6) is 0 Å². The Morgan fingerprint density at radius 3 is 2.79 bits per heavy atom. The number of furan rings is 1. The molecular formula is C12H14N2O4S. The largest absolute Gasteiger partial charge is 0.463 e. The number of hydrogen-bond acceptors (Lipinski definition) is 4. The molecule has 1 heterocycles. The van der Waals surface area contributed by atoms with Gasteiger partial charge in [0, 0.05) is 11.9 Å². The van der Waals surface area contributed by atoms with E-state index in [9.17, 15) is 13.2 Å². The summed E-state index contributed by atoms with van der Waals surface area (Å²) in [4.78, 5) is 11.9. The van der Waals surface area contributed by atoms with Crippen molar-refractivity contribution in [2.24, 2.45) is 5.14 Å². The SMILES string of the molecule is NS(=O)(=O)CCCNC(=O)c1coc2ccccc12. The van der Waals surface area contributed by atoms with E-state index in [1.54, 1.807) is 12.1 Å². The van der Waals surface area contributed by atoms with E-state index in [4.69, 9.17) is 9.56 Å². The molecule has 0 radical (unpaired) electrons. The van der Waals surface area contributed by atoms with Crippen molar-refractivity contribution in [3.8, 4) is 0 Å². The third-order valence-electron chi connectivity index (χ3n) is 2.62. The van der Waals surface area contributed by atoms with E-state index in [-0.39, 0.29) is 24.6 Å². The fourth-order valence-corrected chi connectivity index (χ4v) is 2.27. The number of benzene rings is 1. The van der Waals surface area contributed by atoms with E-state index in [2.05, 4.69) is 5.32 Å². The molecule has 1 amide bonds. The molecule has 0 aliphatic carbocycles. The predicted molar refractivity (Wildman–Crippen MR) is 71.1 cm³/mol. The average molecular weight is 282 g/mol. The Morgan fingerprint density at radius 1 is 1.32 bits per heavy atom. The molecule has 7 heteroatoms. The minimum absolute atomic E-state index is 0.153. The van der Waals surface area contributed by atoms with Gasteiger partial charge in [-0.05, 0) is 12.5 Å². The van der Waals surface area contributed by atoms with Gasteiger partial charge in [0.15, 0.2) is 0 Å². The molecule has 1 aromatic heterocycles. The molecule has 2 aromatic rings. The number of sulfonamides is 1. The van der Waals surface area contributed by atoms with Crippen molar-refractivity contribution in [2.45, 2.75) is 6.42 Å². The van der Waals surface area contributed by atoms with Gasteiger partial charge in [-0.15, -0.1) is 0 Å². The minimum atomic E-state index is -3.48. The Labute approximate surface area is 110 Å². The molecule has 0 saturated carbocycles. The highest BCUT2D eigenvalue weighted by molar-refractivity contribution is 7.89. The summed E-state index contributed by atoms with van der Waals surface area (Å²) in [6.45, 7) is 0.245. The molecule has 2 rings (SSSR count). The van der Waals surface area contributed by atoms with Crippen molar-refractivity contribution in [3.05, 3.63) is 36.1 Å². The highest BCUT2D eigenvalue weighted by Gasteiger charge is 2.12. The molecule has 6 nitrogen and oxygen atoms in total. The summed E-state index contributed by atoms with van der Waals surface area (Å²) >= 11 is 0. The van der Waals surface area contributed by atoms with E-state index < -0.39 is 10.0 Å². The quantitative estimate of drug-likeness (QED) is 0.793. The van der Waals surface area contributed by atoms with Crippen molar-refractivity contribution in [1.29, 1.82) is 0 Å². The lowest BCUT2D eigenvalue weighted by atomic mass is 10.1. The maximum Gasteiger partial charge on any atom is 0.255 e. The third-order valence-corrected chi connectivity index (χ3v) is 3.47. The van der Waals surface area contributed by atoms with Gasteiger partial charge in [-0.2, -0.15) is 0 Å². The maximum absolute atomic E-state index is 11.9. The van der Waals surface area contributed by atoms with Crippen LogP contribution in [0.1, 0.15) is 16.8 Å². The zero-order valence-corrected chi connectivity index (χ0v) is 10.9. The molecule has 1 aromatic carbocycles. The number of primary sulfonamides is 1. The van der Waals surface area contributed by atoms with E-state index in [0.717, 1.165) is 5.39 Å². The smallest absolute Gasteiger partial charge is 0.255 e. The number of carbonyl (C=O) groups excluding carboxylic acids is 1. The van der Waals surface area contributed by atoms with Gasteiger partial charge in [-0.3, -0.25) is 4.79 Å². The van der Waals surface area contributed by atoms with Crippen molar-refractivity contribution in [3.63, 3.8) is 0 Å². The first kappa shape index (κ1) is 13.6. The highest BCUT2D eigenvalue weighted by atomic mass is 32.2. The number of nitrogens with two attached hydrogens (primary N) is 1. The van der Waals surface area contributed by atoms with Crippen LogP contribution < -0.4 is 10.5 Å². The summed E-state index contributed by atoms with van der Waals surface area (Å²) in [5.41, 5.74) is 1.07. The molecular weight excluding hydrogens is 268 g/mol. The molecule has 0 bridgehead atoms.